The number of amides is 1. The number of hydrogen-bond donors (Lipinski definition) is 1. The van der Waals surface area contributed by atoms with Crippen molar-refractivity contribution in [2.24, 2.45) is 0 Å². The first kappa shape index (κ1) is 16.1. The molecule has 0 aliphatic rings. The summed E-state index contributed by atoms with van der Waals surface area (Å²) in [7, 11) is 0. The van der Waals surface area contributed by atoms with Crippen LogP contribution in [0.3, 0.4) is 0 Å². The SMILES string of the molecule is CCOc1ccccc1NC(=O)c1snnc1-c1ccc(F)cc1. The van der Waals surface area contributed by atoms with Crippen LogP contribution in [0.4, 0.5) is 10.1 Å². The van der Waals surface area contributed by atoms with Crippen molar-refractivity contribution in [2.75, 3.05) is 11.9 Å². The number of carbonyl (C=O) groups is 1. The number of aromatic nitrogens is 2. The van der Waals surface area contributed by atoms with Gasteiger partial charge >= 0.3 is 0 Å². The van der Waals surface area contributed by atoms with Crippen molar-refractivity contribution in [1.29, 1.82) is 0 Å². The monoisotopic (exact) mass is 343 g/mol. The van der Waals surface area contributed by atoms with Gasteiger partial charge in [-0.1, -0.05) is 16.6 Å². The van der Waals surface area contributed by atoms with E-state index < -0.39 is 0 Å². The number of carbonyl (C=O) groups excluding carboxylic acids is 1. The summed E-state index contributed by atoms with van der Waals surface area (Å²) in [6.45, 7) is 2.37. The number of benzene rings is 2. The van der Waals surface area contributed by atoms with Gasteiger partial charge in [-0.2, -0.15) is 0 Å². The van der Waals surface area contributed by atoms with E-state index in [0.29, 0.717) is 34.2 Å². The Bertz CT molecular complexity index is 849. The number of halogens is 1. The highest BCUT2D eigenvalue weighted by atomic mass is 32.1. The molecule has 1 heterocycles. The Morgan fingerprint density at radius 1 is 1.21 bits per heavy atom. The second-order valence-corrected chi connectivity index (χ2v) is 5.59. The minimum Gasteiger partial charge on any atom is -0.492 e. The summed E-state index contributed by atoms with van der Waals surface area (Å²) in [5.41, 5.74) is 1.63. The molecule has 7 heteroatoms. The highest BCUT2D eigenvalue weighted by Gasteiger charge is 2.19. The third-order valence-electron chi connectivity index (χ3n) is 3.25. The first-order valence-corrected chi connectivity index (χ1v) is 8.08. The summed E-state index contributed by atoms with van der Waals surface area (Å²) in [6, 6.07) is 13.0. The maximum atomic E-state index is 13.1. The molecule has 1 N–H and O–H groups in total. The van der Waals surface area contributed by atoms with Crippen LogP contribution in [0.2, 0.25) is 0 Å². The number of anilines is 1. The highest BCUT2D eigenvalue weighted by molar-refractivity contribution is 7.08. The Morgan fingerprint density at radius 3 is 2.71 bits per heavy atom. The summed E-state index contributed by atoms with van der Waals surface area (Å²) in [5, 5.41) is 6.80. The molecule has 1 amide bonds. The average molecular weight is 343 g/mol. The molecule has 1 aromatic heterocycles. The fourth-order valence-electron chi connectivity index (χ4n) is 2.17. The third-order valence-corrected chi connectivity index (χ3v) is 3.97. The molecule has 0 saturated heterocycles. The zero-order valence-corrected chi connectivity index (χ0v) is 13.6. The topological polar surface area (TPSA) is 64.1 Å². The van der Waals surface area contributed by atoms with Gasteiger partial charge < -0.3 is 10.1 Å². The van der Waals surface area contributed by atoms with Gasteiger partial charge in [-0.3, -0.25) is 4.79 Å². The lowest BCUT2D eigenvalue weighted by Gasteiger charge is -2.10. The average Bonchev–Trinajstić information content (AvgIpc) is 3.07. The first-order valence-electron chi connectivity index (χ1n) is 7.30. The summed E-state index contributed by atoms with van der Waals surface area (Å²) >= 11 is 0.987. The van der Waals surface area contributed by atoms with Gasteiger partial charge in [-0.15, -0.1) is 5.10 Å². The Hall–Kier alpha value is -2.80. The van der Waals surface area contributed by atoms with Gasteiger partial charge in [0.15, 0.2) is 0 Å². The summed E-state index contributed by atoms with van der Waals surface area (Å²) in [4.78, 5) is 12.9. The van der Waals surface area contributed by atoms with Crippen LogP contribution in [0.15, 0.2) is 48.5 Å². The van der Waals surface area contributed by atoms with E-state index in [9.17, 15) is 9.18 Å². The van der Waals surface area contributed by atoms with Crippen LogP contribution in [0.5, 0.6) is 5.75 Å². The van der Waals surface area contributed by atoms with Crippen molar-refractivity contribution in [3.63, 3.8) is 0 Å². The van der Waals surface area contributed by atoms with E-state index in [-0.39, 0.29) is 11.7 Å². The molecule has 0 unspecified atom stereocenters. The van der Waals surface area contributed by atoms with Gasteiger partial charge in [-0.25, -0.2) is 4.39 Å². The van der Waals surface area contributed by atoms with Gasteiger partial charge in [0.05, 0.1) is 12.3 Å². The molecular weight excluding hydrogens is 329 g/mol. The van der Waals surface area contributed by atoms with Crippen LogP contribution < -0.4 is 10.1 Å². The molecule has 0 fully saturated rings. The van der Waals surface area contributed by atoms with Gasteiger partial charge in [0.25, 0.3) is 5.91 Å². The predicted octanol–water partition coefficient (Wildman–Crippen LogP) is 4.00. The molecule has 3 rings (SSSR count). The Balaban J connectivity index is 1.87. The summed E-state index contributed by atoms with van der Waals surface area (Å²) in [5.74, 6) is -0.0933. The van der Waals surface area contributed by atoms with Crippen LogP contribution >= 0.6 is 11.5 Å². The van der Waals surface area contributed by atoms with Crippen LogP contribution in [0.25, 0.3) is 11.3 Å². The second-order valence-electron chi connectivity index (χ2n) is 4.84. The summed E-state index contributed by atoms with van der Waals surface area (Å²) < 4.78 is 22.4. The van der Waals surface area contributed by atoms with Crippen LogP contribution in [-0.4, -0.2) is 22.1 Å². The zero-order valence-electron chi connectivity index (χ0n) is 12.8. The molecular formula is C17H14FN3O2S. The van der Waals surface area contributed by atoms with Gasteiger partial charge in [-0.05, 0) is 54.9 Å². The quantitative estimate of drug-likeness (QED) is 0.761. The molecule has 0 aliphatic heterocycles. The van der Waals surface area contributed by atoms with E-state index in [1.165, 1.54) is 12.1 Å². The van der Waals surface area contributed by atoms with Crippen LogP contribution in [0.1, 0.15) is 16.6 Å². The fourth-order valence-corrected chi connectivity index (χ4v) is 2.75. The largest absolute Gasteiger partial charge is 0.492 e. The normalized spacial score (nSPS) is 10.4. The molecule has 0 aliphatic carbocycles. The molecule has 3 aromatic rings. The second kappa shape index (κ2) is 7.18. The molecule has 122 valence electrons. The minimum absolute atomic E-state index is 0.337. The third kappa shape index (κ3) is 3.41. The van der Waals surface area contributed by atoms with Gasteiger partial charge in [0, 0.05) is 5.56 Å². The van der Waals surface area contributed by atoms with Crippen molar-refractivity contribution in [3.05, 3.63) is 59.2 Å². The van der Waals surface area contributed by atoms with Gasteiger partial charge in [0.1, 0.15) is 22.1 Å². The predicted molar refractivity (Wildman–Crippen MR) is 90.9 cm³/mol. The van der Waals surface area contributed by atoms with Crippen LogP contribution in [0, 0.1) is 5.82 Å². The molecule has 24 heavy (non-hydrogen) atoms. The lowest BCUT2D eigenvalue weighted by Crippen LogP contribution is -2.12. The number of rotatable bonds is 5. The molecule has 5 nitrogen and oxygen atoms in total. The zero-order chi connectivity index (χ0) is 16.9. The van der Waals surface area contributed by atoms with E-state index in [0.717, 1.165) is 11.5 Å². The van der Waals surface area contributed by atoms with Crippen molar-refractivity contribution < 1.29 is 13.9 Å². The molecule has 2 aromatic carbocycles. The molecule has 0 spiro atoms. The molecule has 0 saturated carbocycles. The Kier molecular flexibility index (Phi) is 4.81. The molecule has 0 atom stereocenters. The number of nitrogens with one attached hydrogen (secondary N) is 1. The van der Waals surface area contributed by atoms with E-state index >= 15 is 0 Å². The van der Waals surface area contributed by atoms with Crippen molar-refractivity contribution in [1.82, 2.24) is 9.59 Å². The maximum absolute atomic E-state index is 13.1. The van der Waals surface area contributed by atoms with E-state index in [1.807, 2.05) is 19.1 Å². The Labute approximate surface area is 142 Å². The van der Waals surface area contributed by atoms with Gasteiger partial charge in [0.2, 0.25) is 0 Å². The molecule has 0 radical (unpaired) electrons. The first-order chi connectivity index (χ1) is 11.7. The Morgan fingerprint density at radius 2 is 1.96 bits per heavy atom. The lowest BCUT2D eigenvalue weighted by molar-refractivity contribution is 0.103. The molecule has 0 bridgehead atoms. The minimum atomic E-state index is -0.349. The van der Waals surface area contributed by atoms with E-state index in [1.54, 1.807) is 24.3 Å². The number of para-hydroxylation sites is 2. The van der Waals surface area contributed by atoms with E-state index in [2.05, 4.69) is 14.9 Å². The lowest BCUT2D eigenvalue weighted by atomic mass is 10.1. The number of ether oxygens (including phenoxy) is 1. The number of nitrogens with zero attached hydrogens (tertiary/aromatic N) is 2. The standard InChI is InChI=1S/C17H14FN3O2S/c1-2-23-14-6-4-3-5-13(14)19-17(22)16-15(20-21-24-16)11-7-9-12(18)10-8-11/h3-10H,2H2,1H3,(H,19,22). The van der Waals surface area contributed by atoms with Crippen LogP contribution in [-0.2, 0) is 0 Å². The maximum Gasteiger partial charge on any atom is 0.269 e. The smallest absolute Gasteiger partial charge is 0.269 e. The fraction of sp³-hybridized carbons (Fsp3) is 0.118. The van der Waals surface area contributed by atoms with Crippen molar-refractivity contribution >= 4 is 23.1 Å². The van der Waals surface area contributed by atoms with E-state index in [4.69, 9.17) is 4.74 Å². The number of hydrogen-bond acceptors (Lipinski definition) is 5. The highest BCUT2D eigenvalue weighted by Crippen LogP contribution is 2.28. The van der Waals surface area contributed by atoms with Crippen molar-refractivity contribution in [3.8, 4) is 17.0 Å². The summed E-state index contributed by atoms with van der Waals surface area (Å²) in [6.07, 6.45) is 0. The van der Waals surface area contributed by atoms with Crippen molar-refractivity contribution in [2.45, 2.75) is 6.92 Å².